The molecule has 4 heteroatoms. The lowest BCUT2D eigenvalue weighted by atomic mass is 10.3. The Morgan fingerprint density at radius 1 is 1.45 bits per heavy atom. The monoisotopic (exact) mass is 152 g/mol. The second-order valence-corrected chi connectivity index (χ2v) is 2.16. The highest BCUT2D eigenvalue weighted by Gasteiger charge is 2.05. The third-order valence-corrected chi connectivity index (χ3v) is 1.42. The summed E-state index contributed by atoms with van der Waals surface area (Å²) in [6.07, 6.45) is -0.849. The minimum Gasteiger partial charge on any atom is -0.413 e. The number of hydrogen-bond acceptors (Lipinski definition) is 3. The van der Waals surface area contributed by atoms with Gasteiger partial charge in [-0.1, -0.05) is 6.07 Å². The second-order valence-electron chi connectivity index (χ2n) is 2.16. The van der Waals surface area contributed by atoms with Gasteiger partial charge in [-0.15, -0.1) is 4.39 Å². The summed E-state index contributed by atoms with van der Waals surface area (Å²) in [5, 5.41) is 0. The number of nitrogen functional groups attached to an aromatic ring is 1. The fourth-order valence-corrected chi connectivity index (χ4v) is 0.943. The molecule has 0 aliphatic rings. The van der Waals surface area contributed by atoms with E-state index in [0.717, 1.165) is 0 Å². The van der Waals surface area contributed by atoms with Crippen molar-refractivity contribution >= 4 is 16.8 Å². The zero-order valence-corrected chi connectivity index (χ0v) is 5.54. The van der Waals surface area contributed by atoms with Crippen molar-refractivity contribution < 1.29 is 8.81 Å². The molecule has 11 heavy (non-hydrogen) atoms. The molecule has 0 saturated carbocycles. The highest BCUT2D eigenvalue weighted by molar-refractivity contribution is 5.84. The third kappa shape index (κ3) is 0.832. The van der Waals surface area contributed by atoms with Gasteiger partial charge >= 0.3 is 6.14 Å². The summed E-state index contributed by atoms with van der Waals surface area (Å²) in [5.41, 5.74) is 6.63. The molecule has 2 N–H and O–H groups in total. The maximum absolute atomic E-state index is 12.4. The first-order chi connectivity index (χ1) is 5.27. The number of aromatic nitrogens is 1. The molecular weight excluding hydrogens is 147 g/mol. The Balaban J connectivity index is 2.90. The molecule has 0 atom stereocenters. The maximum Gasteiger partial charge on any atom is 0.382 e. The predicted molar refractivity (Wildman–Crippen MR) is 38.4 cm³/mol. The first-order valence-electron chi connectivity index (χ1n) is 3.08. The molecule has 2 aromatic rings. The molecule has 0 radical (unpaired) electrons. The van der Waals surface area contributed by atoms with Gasteiger partial charge in [-0.2, -0.15) is 4.98 Å². The number of oxazole rings is 1. The fraction of sp³-hybridized carbons (Fsp3) is 0. The Kier molecular flexibility index (Phi) is 1.09. The Hall–Kier alpha value is -1.58. The van der Waals surface area contributed by atoms with Gasteiger partial charge < -0.3 is 10.2 Å². The number of benzene rings is 1. The van der Waals surface area contributed by atoms with Crippen LogP contribution in [0.15, 0.2) is 22.6 Å². The Morgan fingerprint density at radius 2 is 2.27 bits per heavy atom. The average Bonchev–Trinajstić information content (AvgIpc) is 2.31. The molecule has 0 amide bonds. The summed E-state index contributed by atoms with van der Waals surface area (Å²) in [4.78, 5) is 3.46. The number of para-hydroxylation sites is 1. The Morgan fingerprint density at radius 3 is 3.00 bits per heavy atom. The van der Waals surface area contributed by atoms with Crippen LogP contribution in [0, 0.1) is 6.14 Å². The van der Waals surface area contributed by atoms with Crippen LogP contribution in [-0.2, 0) is 0 Å². The quantitative estimate of drug-likeness (QED) is 0.582. The first kappa shape index (κ1) is 6.15. The molecule has 0 bridgehead atoms. The van der Waals surface area contributed by atoms with E-state index in [-0.39, 0.29) is 0 Å². The van der Waals surface area contributed by atoms with Crippen LogP contribution in [0.2, 0.25) is 0 Å². The normalized spacial score (nSPS) is 10.6. The molecule has 1 aromatic carbocycles. The predicted octanol–water partition coefficient (Wildman–Crippen LogP) is 1.55. The van der Waals surface area contributed by atoms with Gasteiger partial charge in [0.2, 0.25) is 0 Å². The van der Waals surface area contributed by atoms with E-state index in [1.807, 2.05) is 0 Å². The van der Waals surface area contributed by atoms with E-state index in [1.54, 1.807) is 18.2 Å². The SMILES string of the molecule is Nc1cccc2nc(F)oc12. The topological polar surface area (TPSA) is 52.0 Å². The van der Waals surface area contributed by atoms with Crippen LogP contribution >= 0.6 is 0 Å². The van der Waals surface area contributed by atoms with Crippen LogP contribution in [0.5, 0.6) is 0 Å². The molecule has 3 nitrogen and oxygen atoms in total. The van der Waals surface area contributed by atoms with Gasteiger partial charge in [-0.05, 0) is 12.1 Å². The highest BCUT2D eigenvalue weighted by atomic mass is 19.1. The van der Waals surface area contributed by atoms with Crippen LogP contribution in [0.4, 0.5) is 10.1 Å². The lowest BCUT2D eigenvalue weighted by Crippen LogP contribution is -1.82. The van der Waals surface area contributed by atoms with Crippen molar-refractivity contribution in [2.75, 3.05) is 5.73 Å². The van der Waals surface area contributed by atoms with Gasteiger partial charge in [0, 0.05) is 0 Å². The zero-order valence-electron chi connectivity index (χ0n) is 5.54. The van der Waals surface area contributed by atoms with Crippen LogP contribution in [0.25, 0.3) is 11.1 Å². The van der Waals surface area contributed by atoms with Gasteiger partial charge in [0.05, 0.1) is 5.69 Å². The number of hydrogen-bond donors (Lipinski definition) is 1. The van der Waals surface area contributed by atoms with E-state index in [9.17, 15) is 4.39 Å². The van der Waals surface area contributed by atoms with Gasteiger partial charge in [0.1, 0.15) is 5.52 Å². The summed E-state index contributed by atoms with van der Waals surface area (Å²) in [6, 6.07) is 4.96. The van der Waals surface area contributed by atoms with Crippen LogP contribution in [-0.4, -0.2) is 4.98 Å². The second kappa shape index (κ2) is 1.95. The van der Waals surface area contributed by atoms with Gasteiger partial charge in [0.15, 0.2) is 5.58 Å². The molecule has 0 fully saturated rings. The molecule has 0 aliphatic heterocycles. The average molecular weight is 152 g/mol. The lowest BCUT2D eigenvalue weighted by Gasteiger charge is -1.89. The number of nitrogens with zero attached hydrogens (tertiary/aromatic N) is 1. The van der Waals surface area contributed by atoms with Crippen molar-refractivity contribution in [3.63, 3.8) is 0 Å². The van der Waals surface area contributed by atoms with E-state index in [1.165, 1.54) is 0 Å². The van der Waals surface area contributed by atoms with Crippen LogP contribution < -0.4 is 5.73 Å². The lowest BCUT2D eigenvalue weighted by molar-refractivity contribution is 0.355. The van der Waals surface area contributed by atoms with E-state index in [0.29, 0.717) is 16.8 Å². The van der Waals surface area contributed by atoms with E-state index < -0.39 is 6.14 Å². The van der Waals surface area contributed by atoms with Crippen molar-refractivity contribution in [3.05, 3.63) is 24.3 Å². The number of nitrogens with two attached hydrogens (primary N) is 1. The van der Waals surface area contributed by atoms with Crippen molar-refractivity contribution in [1.82, 2.24) is 4.98 Å². The van der Waals surface area contributed by atoms with Crippen molar-refractivity contribution in [2.24, 2.45) is 0 Å². The van der Waals surface area contributed by atoms with Gasteiger partial charge in [0.25, 0.3) is 0 Å². The van der Waals surface area contributed by atoms with Crippen molar-refractivity contribution in [1.29, 1.82) is 0 Å². The number of rotatable bonds is 0. The molecule has 1 aromatic heterocycles. The summed E-state index contributed by atoms with van der Waals surface area (Å²) in [6.45, 7) is 0. The molecule has 56 valence electrons. The van der Waals surface area contributed by atoms with Crippen LogP contribution in [0.3, 0.4) is 0 Å². The minimum atomic E-state index is -0.849. The number of halogens is 1. The van der Waals surface area contributed by atoms with E-state index in [4.69, 9.17) is 5.73 Å². The fourth-order valence-electron chi connectivity index (χ4n) is 0.943. The molecule has 1 heterocycles. The van der Waals surface area contributed by atoms with Crippen molar-refractivity contribution in [3.8, 4) is 0 Å². The maximum atomic E-state index is 12.4. The summed E-state index contributed by atoms with van der Waals surface area (Å²) in [5.74, 6) is 0. The minimum absolute atomic E-state index is 0.310. The smallest absolute Gasteiger partial charge is 0.382 e. The molecular formula is C7H5FN2O. The molecule has 0 spiro atoms. The zero-order chi connectivity index (χ0) is 7.84. The van der Waals surface area contributed by atoms with Crippen molar-refractivity contribution in [2.45, 2.75) is 0 Å². The van der Waals surface area contributed by atoms with Gasteiger partial charge in [-0.25, -0.2) is 0 Å². The Bertz CT molecular complexity index is 396. The summed E-state index contributed by atoms with van der Waals surface area (Å²) in [7, 11) is 0. The molecule has 0 unspecified atom stereocenters. The summed E-state index contributed by atoms with van der Waals surface area (Å²) >= 11 is 0. The Labute approximate surface area is 61.6 Å². The van der Waals surface area contributed by atoms with Crippen LogP contribution in [0.1, 0.15) is 0 Å². The van der Waals surface area contributed by atoms with E-state index >= 15 is 0 Å². The number of fused-ring (bicyclic) bond motifs is 1. The molecule has 0 saturated heterocycles. The largest absolute Gasteiger partial charge is 0.413 e. The standard InChI is InChI=1S/C7H5FN2O/c8-7-10-5-3-1-2-4(9)6(5)11-7/h1-3H,9H2. The molecule has 2 rings (SSSR count). The highest BCUT2D eigenvalue weighted by Crippen LogP contribution is 2.20. The first-order valence-corrected chi connectivity index (χ1v) is 3.08. The number of anilines is 1. The molecule has 0 aliphatic carbocycles. The third-order valence-electron chi connectivity index (χ3n) is 1.42. The summed E-state index contributed by atoms with van der Waals surface area (Å²) < 4.78 is 17.0. The van der Waals surface area contributed by atoms with Gasteiger partial charge in [-0.3, -0.25) is 0 Å². The van der Waals surface area contributed by atoms with E-state index in [2.05, 4.69) is 9.40 Å².